The van der Waals surface area contributed by atoms with Crippen molar-refractivity contribution in [2.24, 2.45) is 0 Å². The number of aliphatic carboxylic acids is 1. The maximum absolute atomic E-state index is 12.6. The number of carbonyl (C=O) groups excluding carboxylic acids is 1. The maximum Gasteiger partial charge on any atom is 0.326 e. The number of rotatable bonds is 10. The van der Waals surface area contributed by atoms with Gasteiger partial charge in [-0.1, -0.05) is 30.3 Å². The molecule has 1 amide bonds. The van der Waals surface area contributed by atoms with E-state index in [0.717, 1.165) is 0 Å². The SMILES string of the molecule is O=C(N[C@@H](Cc1ccc(N(CCF)CCF)cc1)C(=O)O)c1ccccc1. The fourth-order valence-corrected chi connectivity index (χ4v) is 2.68. The Morgan fingerprint density at radius 2 is 1.56 bits per heavy atom. The predicted molar refractivity (Wildman–Crippen MR) is 99.6 cm³/mol. The number of alkyl halides is 2. The van der Waals surface area contributed by atoms with Crippen LogP contribution in [0.4, 0.5) is 14.5 Å². The molecule has 2 aromatic rings. The molecule has 0 aliphatic heterocycles. The van der Waals surface area contributed by atoms with Crippen LogP contribution in [0.2, 0.25) is 0 Å². The number of hydrogen-bond acceptors (Lipinski definition) is 3. The Morgan fingerprint density at radius 3 is 2.07 bits per heavy atom. The van der Waals surface area contributed by atoms with Gasteiger partial charge in [0.15, 0.2) is 0 Å². The summed E-state index contributed by atoms with van der Waals surface area (Å²) in [4.78, 5) is 25.3. The average Bonchev–Trinajstić information content (AvgIpc) is 2.68. The molecule has 0 fully saturated rings. The van der Waals surface area contributed by atoms with Gasteiger partial charge in [-0.2, -0.15) is 0 Å². The average molecular weight is 376 g/mol. The van der Waals surface area contributed by atoms with Crippen LogP contribution < -0.4 is 10.2 Å². The van der Waals surface area contributed by atoms with Crippen LogP contribution in [0.3, 0.4) is 0 Å². The molecular weight excluding hydrogens is 354 g/mol. The molecule has 5 nitrogen and oxygen atoms in total. The van der Waals surface area contributed by atoms with E-state index in [0.29, 0.717) is 16.8 Å². The number of nitrogens with zero attached hydrogens (tertiary/aromatic N) is 1. The van der Waals surface area contributed by atoms with Crippen LogP contribution in [0.1, 0.15) is 15.9 Å². The number of anilines is 1. The van der Waals surface area contributed by atoms with Crippen LogP contribution in [0.25, 0.3) is 0 Å². The highest BCUT2D eigenvalue weighted by Crippen LogP contribution is 2.16. The summed E-state index contributed by atoms with van der Waals surface area (Å²) in [6.07, 6.45) is 0.0976. The summed E-state index contributed by atoms with van der Waals surface area (Å²) in [6, 6.07) is 14.1. The van der Waals surface area contributed by atoms with E-state index in [-0.39, 0.29) is 19.5 Å². The van der Waals surface area contributed by atoms with Crippen molar-refractivity contribution in [3.05, 3.63) is 65.7 Å². The van der Waals surface area contributed by atoms with Gasteiger partial charge in [-0.05, 0) is 29.8 Å². The molecule has 0 unspecified atom stereocenters. The lowest BCUT2D eigenvalue weighted by Gasteiger charge is -2.22. The highest BCUT2D eigenvalue weighted by molar-refractivity contribution is 5.96. The summed E-state index contributed by atoms with van der Waals surface area (Å²) in [5.41, 5.74) is 1.74. The van der Waals surface area contributed by atoms with E-state index >= 15 is 0 Å². The Hall–Kier alpha value is -2.96. The molecule has 0 saturated carbocycles. The van der Waals surface area contributed by atoms with E-state index in [2.05, 4.69) is 5.32 Å². The Bertz CT molecular complexity index is 733. The van der Waals surface area contributed by atoms with Gasteiger partial charge in [0.2, 0.25) is 0 Å². The van der Waals surface area contributed by atoms with Gasteiger partial charge in [0, 0.05) is 30.8 Å². The standard InChI is InChI=1S/C20H22F2N2O3/c21-10-12-24(13-11-22)17-8-6-15(7-9-17)14-18(20(26)27)23-19(25)16-4-2-1-3-5-16/h1-9,18H,10-14H2,(H,23,25)(H,26,27)/t18-/m0/s1. The highest BCUT2D eigenvalue weighted by atomic mass is 19.1. The van der Waals surface area contributed by atoms with E-state index < -0.39 is 31.3 Å². The molecule has 2 rings (SSSR count). The van der Waals surface area contributed by atoms with Crippen LogP contribution in [0.5, 0.6) is 0 Å². The first kappa shape index (κ1) is 20.4. The van der Waals surface area contributed by atoms with Crippen molar-refractivity contribution >= 4 is 17.6 Å². The van der Waals surface area contributed by atoms with Crippen molar-refractivity contribution in [2.45, 2.75) is 12.5 Å². The third-order valence-electron chi connectivity index (χ3n) is 4.09. The number of amides is 1. The lowest BCUT2D eigenvalue weighted by atomic mass is 10.0. The molecule has 2 N–H and O–H groups in total. The number of benzene rings is 2. The Morgan fingerprint density at radius 1 is 0.963 bits per heavy atom. The Balaban J connectivity index is 2.05. The first-order valence-corrected chi connectivity index (χ1v) is 8.59. The fourth-order valence-electron chi connectivity index (χ4n) is 2.68. The molecular formula is C20H22F2N2O3. The molecule has 0 radical (unpaired) electrons. The topological polar surface area (TPSA) is 69.6 Å². The van der Waals surface area contributed by atoms with E-state index in [4.69, 9.17) is 0 Å². The molecule has 0 spiro atoms. The van der Waals surface area contributed by atoms with Gasteiger partial charge in [-0.15, -0.1) is 0 Å². The van der Waals surface area contributed by atoms with Gasteiger partial charge in [-0.25, -0.2) is 13.6 Å². The van der Waals surface area contributed by atoms with Gasteiger partial charge in [0.05, 0.1) is 0 Å². The number of hydrogen-bond donors (Lipinski definition) is 2. The normalized spacial score (nSPS) is 11.6. The van der Waals surface area contributed by atoms with Crippen LogP contribution in [-0.4, -0.2) is 49.5 Å². The van der Waals surface area contributed by atoms with Gasteiger partial charge in [0.1, 0.15) is 19.4 Å². The van der Waals surface area contributed by atoms with E-state index in [1.165, 1.54) is 0 Å². The second kappa shape index (κ2) is 10.3. The van der Waals surface area contributed by atoms with Crippen LogP contribution >= 0.6 is 0 Å². The summed E-state index contributed by atoms with van der Waals surface area (Å²) in [7, 11) is 0. The summed E-state index contributed by atoms with van der Waals surface area (Å²) in [5.74, 6) is -1.60. The van der Waals surface area contributed by atoms with Gasteiger partial charge >= 0.3 is 5.97 Å². The third kappa shape index (κ3) is 6.06. The minimum atomic E-state index is -1.14. The van der Waals surface area contributed by atoms with Crippen molar-refractivity contribution in [2.75, 3.05) is 31.3 Å². The molecule has 0 aliphatic rings. The second-order valence-corrected chi connectivity index (χ2v) is 5.97. The molecule has 0 bridgehead atoms. The van der Waals surface area contributed by atoms with Crippen molar-refractivity contribution < 1.29 is 23.5 Å². The van der Waals surface area contributed by atoms with Crippen molar-refractivity contribution in [3.8, 4) is 0 Å². The van der Waals surface area contributed by atoms with Crippen LogP contribution in [0.15, 0.2) is 54.6 Å². The number of carbonyl (C=O) groups is 2. The zero-order valence-corrected chi connectivity index (χ0v) is 14.8. The lowest BCUT2D eigenvalue weighted by molar-refractivity contribution is -0.139. The van der Waals surface area contributed by atoms with Crippen LogP contribution in [0, 0.1) is 0 Å². The van der Waals surface area contributed by atoms with E-state index in [1.54, 1.807) is 59.5 Å². The van der Waals surface area contributed by atoms with Gasteiger partial charge in [-0.3, -0.25) is 4.79 Å². The fraction of sp³-hybridized carbons (Fsp3) is 0.300. The first-order chi connectivity index (χ1) is 13.0. The Kier molecular flexibility index (Phi) is 7.73. The third-order valence-corrected chi connectivity index (χ3v) is 4.09. The summed E-state index contributed by atoms with van der Waals surface area (Å²) < 4.78 is 25.2. The number of carboxylic acids is 1. The zero-order chi connectivity index (χ0) is 19.6. The number of halogens is 2. The predicted octanol–water partition coefficient (Wildman–Crippen LogP) is 2.86. The molecule has 2 aromatic carbocycles. The molecule has 0 aromatic heterocycles. The largest absolute Gasteiger partial charge is 0.480 e. The van der Waals surface area contributed by atoms with Gasteiger partial charge < -0.3 is 15.3 Å². The Labute approximate surface area is 156 Å². The molecule has 0 aliphatic carbocycles. The molecule has 0 saturated heterocycles. The van der Waals surface area contributed by atoms with Crippen molar-refractivity contribution in [1.29, 1.82) is 0 Å². The summed E-state index contributed by atoms with van der Waals surface area (Å²) in [5, 5.41) is 11.9. The molecule has 27 heavy (non-hydrogen) atoms. The first-order valence-electron chi connectivity index (χ1n) is 8.59. The zero-order valence-electron chi connectivity index (χ0n) is 14.8. The lowest BCUT2D eigenvalue weighted by Crippen LogP contribution is -2.42. The van der Waals surface area contributed by atoms with Crippen LogP contribution in [-0.2, 0) is 11.2 Å². The monoisotopic (exact) mass is 376 g/mol. The van der Waals surface area contributed by atoms with E-state index in [9.17, 15) is 23.5 Å². The molecule has 1 atom stereocenters. The number of carboxylic acid groups (broad SMARTS) is 1. The van der Waals surface area contributed by atoms with E-state index in [1.807, 2.05) is 0 Å². The van der Waals surface area contributed by atoms with Crippen molar-refractivity contribution in [1.82, 2.24) is 5.32 Å². The maximum atomic E-state index is 12.6. The minimum absolute atomic E-state index is 0.0914. The number of nitrogens with one attached hydrogen (secondary N) is 1. The molecule has 7 heteroatoms. The highest BCUT2D eigenvalue weighted by Gasteiger charge is 2.21. The summed E-state index contributed by atoms with van der Waals surface area (Å²) >= 11 is 0. The quantitative estimate of drug-likeness (QED) is 0.669. The van der Waals surface area contributed by atoms with Gasteiger partial charge in [0.25, 0.3) is 5.91 Å². The summed E-state index contributed by atoms with van der Waals surface area (Å²) in [6.45, 7) is -0.995. The second-order valence-electron chi connectivity index (χ2n) is 5.97. The smallest absolute Gasteiger partial charge is 0.326 e. The molecule has 144 valence electrons. The van der Waals surface area contributed by atoms with Crippen molar-refractivity contribution in [3.63, 3.8) is 0 Å². The molecule has 0 heterocycles. The minimum Gasteiger partial charge on any atom is -0.480 e.